The van der Waals surface area contributed by atoms with Crippen molar-refractivity contribution in [2.24, 2.45) is 11.8 Å². The summed E-state index contributed by atoms with van der Waals surface area (Å²) in [6, 6.07) is 3.13. The molecule has 0 unspecified atom stereocenters. The summed E-state index contributed by atoms with van der Waals surface area (Å²) >= 11 is 1.61. The van der Waals surface area contributed by atoms with Crippen molar-refractivity contribution in [2.75, 3.05) is 0 Å². The molecule has 19 heavy (non-hydrogen) atoms. The van der Waals surface area contributed by atoms with E-state index in [4.69, 9.17) is 5.11 Å². The third-order valence-electron chi connectivity index (χ3n) is 3.31. The van der Waals surface area contributed by atoms with Crippen LogP contribution < -0.4 is 5.32 Å². The summed E-state index contributed by atoms with van der Waals surface area (Å²) < 4.78 is 0. The topological polar surface area (TPSA) is 66.4 Å². The molecule has 5 heteroatoms. The molecule has 0 aliphatic carbocycles. The first-order chi connectivity index (χ1) is 8.95. The van der Waals surface area contributed by atoms with Crippen LogP contribution in [0.1, 0.15) is 32.1 Å². The lowest BCUT2D eigenvalue weighted by atomic mass is 9.97. The minimum atomic E-state index is -0.967. The molecule has 0 radical (unpaired) electrons. The molecule has 0 aliphatic heterocycles. The predicted octanol–water partition coefficient (Wildman–Crippen LogP) is 2.54. The van der Waals surface area contributed by atoms with Gasteiger partial charge in [-0.3, -0.25) is 4.79 Å². The average Bonchev–Trinajstić information content (AvgIpc) is 2.86. The van der Waals surface area contributed by atoms with E-state index in [1.54, 1.807) is 11.3 Å². The summed E-state index contributed by atoms with van der Waals surface area (Å²) in [5.74, 6) is -1.45. The van der Waals surface area contributed by atoms with E-state index in [0.29, 0.717) is 6.42 Å². The van der Waals surface area contributed by atoms with Gasteiger partial charge in [-0.05, 0) is 23.8 Å². The Bertz CT molecular complexity index is 416. The molecule has 0 aliphatic rings. The van der Waals surface area contributed by atoms with Crippen LogP contribution in [0.2, 0.25) is 0 Å². The fourth-order valence-electron chi connectivity index (χ4n) is 1.80. The van der Waals surface area contributed by atoms with Gasteiger partial charge in [-0.2, -0.15) is 0 Å². The Hall–Kier alpha value is -1.36. The molecule has 3 atom stereocenters. The highest BCUT2D eigenvalue weighted by molar-refractivity contribution is 7.09. The minimum Gasteiger partial charge on any atom is -0.480 e. The van der Waals surface area contributed by atoms with E-state index in [2.05, 4.69) is 5.32 Å². The lowest BCUT2D eigenvalue weighted by Gasteiger charge is -2.22. The first kappa shape index (κ1) is 15.7. The molecular weight excluding hydrogens is 262 g/mol. The van der Waals surface area contributed by atoms with Crippen LogP contribution in [0.25, 0.3) is 0 Å². The van der Waals surface area contributed by atoms with Gasteiger partial charge in [0.15, 0.2) is 0 Å². The third kappa shape index (κ3) is 4.67. The minimum absolute atomic E-state index is 0.0737. The van der Waals surface area contributed by atoms with E-state index in [1.807, 2.05) is 38.3 Å². The maximum atomic E-state index is 12.0. The molecule has 1 aromatic rings. The molecule has 0 spiro atoms. The largest absolute Gasteiger partial charge is 0.480 e. The van der Waals surface area contributed by atoms with Crippen LogP contribution in [-0.4, -0.2) is 23.0 Å². The van der Waals surface area contributed by atoms with Crippen LogP contribution >= 0.6 is 11.3 Å². The molecular formula is C14H21NO3S. The Morgan fingerprint density at radius 3 is 2.58 bits per heavy atom. The van der Waals surface area contributed by atoms with Crippen molar-refractivity contribution in [3.63, 3.8) is 0 Å². The summed E-state index contributed by atoms with van der Waals surface area (Å²) in [5, 5.41) is 13.8. The highest BCUT2D eigenvalue weighted by atomic mass is 32.1. The second-order valence-corrected chi connectivity index (χ2v) is 5.93. The predicted molar refractivity (Wildman–Crippen MR) is 76.2 cm³/mol. The molecule has 0 bridgehead atoms. The van der Waals surface area contributed by atoms with Gasteiger partial charge in [-0.1, -0.05) is 33.3 Å². The zero-order valence-corrected chi connectivity index (χ0v) is 12.4. The lowest BCUT2D eigenvalue weighted by molar-refractivity contribution is -0.143. The fourth-order valence-corrected chi connectivity index (χ4v) is 2.64. The van der Waals surface area contributed by atoms with E-state index in [0.717, 1.165) is 11.3 Å². The number of rotatable bonds is 7. The molecule has 0 aromatic carbocycles. The number of carboxylic acid groups (broad SMARTS) is 1. The Morgan fingerprint density at radius 1 is 1.42 bits per heavy atom. The highest BCUT2D eigenvalue weighted by Crippen LogP contribution is 2.15. The van der Waals surface area contributed by atoms with Gasteiger partial charge in [0.25, 0.3) is 0 Å². The zero-order chi connectivity index (χ0) is 14.4. The van der Waals surface area contributed by atoms with Crippen LogP contribution in [0.5, 0.6) is 0 Å². The second kappa shape index (κ2) is 7.28. The first-order valence-corrected chi connectivity index (χ1v) is 7.39. The van der Waals surface area contributed by atoms with Gasteiger partial charge in [-0.15, -0.1) is 11.3 Å². The van der Waals surface area contributed by atoms with Crippen LogP contribution in [0.15, 0.2) is 17.5 Å². The monoisotopic (exact) mass is 283 g/mol. The number of aliphatic carboxylic acids is 1. The quantitative estimate of drug-likeness (QED) is 0.808. The summed E-state index contributed by atoms with van der Waals surface area (Å²) in [4.78, 5) is 24.3. The van der Waals surface area contributed by atoms with Gasteiger partial charge < -0.3 is 10.4 Å². The summed E-state index contributed by atoms with van der Waals surface area (Å²) in [6.45, 7) is 5.58. The number of nitrogens with one attached hydrogen (secondary N) is 1. The van der Waals surface area contributed by atoms with Gasteiger partial charge in [0, 0.05) is 10.8 Å². The molecule has 0 saturated heterocycles. The number of carboxylic acids is 1. The van der Waals surface area contributed by atoms with Gasteiger partial charge in [0.2, 0.25) is 5.91 Å². The molecule has 0 saturated carbocycles. The fraction of sp³-hybridized carbons (Fsp3) is 0.571. The molecule has 1 rings (SSSR count). The number of hydrogen-bond acceptors (Lipinski definition) is 3. The first-order valence-electron chi connectivity index (χ1n) is 6.51. The summed E-state index contributed by atoms with van der Waals surface area (Å²) in [5.41, 5.74) is 0. The second-order valence-electron chi connectivity index (χ2n) is 4.89. The van der Waals surface area contributed by atoms with Crippen molar-refractivity contribution in [1.82, 2.24) is 5.32 Å². The number of carbonyl (C=O) groups is 2. The van der Waals surface area contributed by atoms with E-state index >= 15 is 0 Å². The van der Waals surface area contributed by atoms with Crippen molar-refractivity contribution >= 4 is 23.2 Å². The van der Waals surface area contributed by atoms with Crippen molar-refractivity contribution in [1.29, 1.82) is 0 Å². The summed E-state index contributed by atoms with van der Waals surface area (Å²) in [7, 11) is 0. The number of carbonyl (C=O) groups excluding carboxylic acids is 1. The standard InChI is InChI=1S/C14H21NO3S/c1-4-9(2)12(14(17)18)15-13(16)10(3)8-11-6-5-7-19-11/h5-7,9-10,12H,4,8H2,1-3H3,(H,15,16)(H,17,18)/t9-,10-,12+/m0/s1. The third-order valence-corrected chi connectivity index (χ3v) is 4.21. The molecule has 4 nitrogen and oxygen atoms in total. The molecule has 1 heterocycles. The number of amides is 1. The van der Waals surface area contributed by atoms with E-state index in [-0.39, 0.29) is 17.7 Å². The number of hydrogen-bond donors (Lipinski definition) is 2. The van der Waals surface area contributed by atoms with Crippen LogP contribution in [0.3, 0.4) is 0 Å². The Morgan fingerprint density at radius 2 is 2.11 bits per heavy atom. The van der Waals surface area contributed by atoms with Gasteiger partial charge in [-0.25, -0.2) is 4.79 Å². The smallest absolute Gasteiger partial charge is 0.326 e. The Kier molecular flexibility index (Phi) is 6.02. The SMILES string of the molecule is CC[C@H](C)[C@@H](NC(=O)[C@@H](C)Cc1cccs1)C(=O)O. The van der Waals surface area contributed by atoms with Crippen LogP contribution in [0.4, 0.5) is 0 Å². The zero-order valence-electron chi connectivity index (χ0n) is 11.6. The Balaban J connectivity index is 2.58. The normalized spacial score (nSPS) is 15.5. The van der Waals surface area contributed by atoms with Crippen LogP contribution in [0, 0.1) is 11.8 Å². The summed E-state index contributed by atoms with van der Waals surface area (Å²) in [6.07, 6.45) is 1.37. The Labute approximate surface area is 117 Å². The molecule has 1 aromatic heterocycles. The van der Waals surface area contributed by atoms with Gasteiger partial charge in [0.05, 0.1) is 0 Å². The van der Waals surface area contributed by atoms with Gasteiger partial charge >= 0.3 is 5.97 Å². The van der Waals surface area contributed by atoms with E-state index < -0.39 is 12.0 Å². The lowest BCUT2D eigenvalue weighted by Crippen LogP contribution is -2.47. The van der Waals surface area contributed by atoms with E-state index in [9.17, 15) is 9.59 Å². The van der Waals surface area contributed by atoms with Crippen LogP contribution in [-0.2, 0) is 16.0 Å². The molecule has 106 valence electrons. The van der Waals surface area contributed by atoms with Crippen molar-refractivity contribution in [3.05, 3.63) is 22.4 Å². The number of thiophene rings is 1. The highest BCUT2D eigenvalue weighted by Gasteiger charge is 2.27. The average molecular weight is 283 g/mol. The van der Waals surface area contributed by atoms with Gasteiger partial charge in [0.1, 0.15) is 6.04 Å². The van der Waals surface area contributed by atoms with E-state index in [1.165, 1.54) is 0 Å². The van der Waals surface area contributed by atoms with Crippen molar-refractivity contribution < 1.29 is 14.7 Å². The molecule has 0 fully saturated rings. The molecule has 1 amide bonds. The maximum absolute atomic E-state index is 12.0. The van der Waals surface area contributed by atoms with Crippen molar-refractivity contribution in [2.45, 2.75) is 39.7 Å². The maximum Gasteiger partial charge on any atom is 0.326 e. The molecule has 2 N–H and O–H groups in total. The van der Waals surface area contributed by atoms with Crippen molar-refractivity contribution in [3.8, 4) is 0 Å².